The van der Waals surface area contributed by atoms with Gasteiger partial charge < -0.3 is 5.73 Å². The Morgan fingerprint density at radius 2 is 1.78 bits per heavy atom. The molecule has 0 aliphatic rings. The minimum atomic E-state index is -3.44. The standard InChI is InChI=1S/C12H22N2O2S2/c1-11(2,3)9-6-7-10(17-9)18(15,16)14-8-12(4,5)13/h6-7,14H,8,13H2,1-5H3. The molecule has 0 radical (unpaired) electrons. The van der Waals surface area contributed by atoms with E-state index in [9.17, 15) is 8.42 Å². The van der Waals surface area contributed by atoms with Crippen molar-refractivity contribution >= 4 is 21.4 Å². The van der Waals surface area contributed by atoms with Gasteiger partial charge in [-0.3, -0.25) is 0 Å². The molecule has 6 heteroatoms. The van der Waals surface area contributed by atoms with Gasteiger partial charge in [0.1, 0.15) is 4.21 Å². The van der Waals surface area contributed by atoms with Crippen LogP contribution in [0.15, 0.2) is 16.3 Å². The first-order valence-electron chi connectivity index (χ1n) is 5.81. The summed E-state index contributed by atoms with van der Waals surface area (Å²) < 4.78 is 27.0. The highest BCUT2D eigenvalue weighted by Crippen LogP contribution is 2.31. The van der Waals surface area contributed by atoms with E-state index in [0.29, 0.717) is 4.21 Å². The quantitative estimate of drug-likeness (QED) is 0.891. The second kappa shape index (κ2) is 4.92. The normalized spacial score (nSPS) is 13.9. The molecule has 0 atom stereocenters. The Morgan fingerprint density at radius 1 is 1.22 bits per heavy atom. The van der Waals surface area contributed by atoms with Crippen molar-refractivity contribution in [2.45, 2.75) is 49.8 Å². The topological polar surface area (TPSA) is 72.2 Å². The van der Waals surface area contributed by atoms with E-state index in [2.05, 4.69) is 25.5 Å². The highest BCUT2D eigenvalue weighted by molar-refractivity contribution is 7.91. The number of hydrogen-bond donors (Lipinski definition) is 2. The molecule has 104 valence electrons. The maximum absolute atomic E-state index is 12.1. The van der Waals surface area contributed by atoms with Crippen LogP contribution in [0.3, 0.4) is 0 Å². The molecule has 0 spiro atoms. The van der Waals surface area contributed by atoms with E-state index in [1.54, 1.807) is 19.9 Å². The predicted molar refractivity (Wildman–Crippen MR) is 76.5 cm³/mol. The van der Waals surface area contributed by atoms with Crippen LogP contribution in [0.2, 0.25) is 0 Å². The van der Waals surface area contributed by atoms with E-state index in [1.165, 1.54) is 11.3 Å². The lowest BCUT2D eigenvalue weighted by atomic mass is 9.95. The predicted octanol–water partition coefficient (Wildman–Crippen LogP) is 2.06. The minimum absolute atomic E-state index is 0.0361. The van der Waals surface area contributed by atoms with Gasteiger partial charge in [0.15, 0.2) is 0 Å². The van der Waals surface area contributed by atoms with Gasteiger partial charge in [-0.15, -0.1) is 11.3 Å². The summed E-state index contributed by atoms with van der Waals surface area (Å²) in [7, 11) is -3.44. The van der Waals surface area contributed by atoms with Crippen LogP contribution >= 0.6 is 11.3 Å². The molecule has 1 aromatic rings. The molecule has 1 aromatic heterocycles. The SMILES string of the molecule is CC(C)(N)CNS(=O)(=O)c1ccc(C(C)(C)C)s1. The molecular formula is C12H22N2O2S2. The summed E-state index contributed by atoms with van der Waals surface area (Å²) in [5.41, 5.74) is 5.18. The zero-order valence-corrected chi connectivity index (χ0v) is 13.2. The van der Waals surface area contributed by atoms with Crippen molar-refractivity contribution in [1.82, 2.24) is 4.72 Å². The van der Waals surface area contributed by atoms with E-state index >= 15 is 0 Å². The number of rotatable bonds is 4. The Balaban J connectivity index is 2.90. The first-order chi connectivity index (χ1) is 7.92. The molecule has 0 saturated heterocycles. The lowest BCUT2D eigenvalue weighted by Crippen LogP contribution is -2.44. The minimum Gasteiger partial charge on any atom is -0.324 e. The van der Waals surface area contributed by atoms with Gasteiger partial charge in [-0.1, -0.05) is 20.8 Å². The first-order valence-corrected chi connectivity index (χ1v) is 8.11. The number of thiophene rings is 1. The molecule has 0 fully saturated rings. The van der Waals surface area contributed by atoms with Crippen molar-refractivity contribution in [1.29, 1.82) is 0 Å². The lowest BCUT2D eigenvalue weighted by molar-refractivity contribution is 0.498. The van der Waals surface area contributed by atoms with Gasteiger partial charge in [0.25, 0.3) is 0 Å². The van der Waals surface area contributed by atoms with E-state index in [0.717, 1.165) is 4.88 Å². The fourth-order valence-electron chi connectivity index (χ4n) is 1.22. The molecule has 3 N–H and O–H groups in total. The molecule has 0 saturated carbocycles. The zero-order valence-electron chi connectivity index (χ0n) is 11.6. The molecule has 18 heavy (non-hydrogen) atoms. The lowest BCUT2D eigenvalue weighted by Gasteiger charge is -2.18. The molecule has 0 amide bonds. The summed E-state index contributed by atoms with van der Waals surface area (Å²) in [4.78, 5) is 1.05. The van der Waals surface area contributed by atoms with E-state index in [4.69, 9.17) is 5.73 Å². The third-order valence-electron chi connectivity index (χ3n) is 2.30. The van der Waals surface area contributed by atoms with Crippen molar-refractivity contribution in [2.24, 2.45) is 5.73 Å². The van der Waals surface area contributed by atoms with Crippen molar-refractivity contribution in [2.75, 3.05) is 6.54 Å². The van der Waals surface area contributed by atoms with Crippen molar-refractivity contribution < 1.29 is 8.42 Å². The average molecular weight is 290 g/mol. The molecule has 0 aliphatic heterocycles. The Bertz CT molecular complexity index is 505. The Kier molecular flexibility index (Phi) is 4.27. The zero-order chi connectivity index (χ0) is 14.2. The van der Waals surface area contributed by atoms with Crippen LogP contribution in [-0.2, 0) is 15.4 Å². The van der Waals surface area contributed by atoms with Gasteiger partial charge in [0.05, 0.1) is 0 Å². The largest absolute Gasteiger partial charge is 0.324 e. The van der Waals surface area contributed by atoms with E-state index in [1.807, 2.05) is 6.07 Å². The van der Waals surface area contributed by atoms with Gasteiger partial charge >= 0.3 is 0 Å². The van der Waals surface area contributed by atoms with Gasteiger partial charge in [-0.2, -0.15) is 0 Å². The van der Waals surface area contributed by atoms with Gasteiger partial charge in [-0.25, -0.2) is 13.1 Å². The van der Waals surface area contributed by atoms with Crippen LogP contribution in [-0.4, -0.2) is 20.5 Å². The molecule has 1 heterocycles. The molecule has 1 rings (SSSR count). The molecule has 0 aliphatic carbocycles. The van der Waals surface area contributed by atoms with Crippen LogP contribution in [0.1, 0.15) is 39.5 Å². The fourth-order valence-corrected chi connectivity index (χ4v) is 3.85. The summed E-state index contributed by atoms with van der Waals surface area (Å²) in [6.45, 7) is 9.97. The Hall–Kier alpha value is -0.430. The van der Waals surface area contributed by atoms with Crippen LogP contribution in [0.5, 0.6) is 0 Å². The Morgan fingerprint density at radius 3 is 2.17 bits per heavy atom. The molecule has 0 unspecified atom stereocenters. The second-order valence-electron chi connectivity index (χ2n) is 6.18. The third kappa shape index (κ3) is 4.35. The molecular weight excluding hydrogens is 268 g/mol. The third-order valence-corrected chi connectivity index (χ3v) is 5.71. The highest BCUT2D eigenvalue weighted by Gasteiger charge is 2.23. The maximum atomic E-state index is 12.1. The maximum Gasteiger partial charge on any atom is 0.250 e. The summed E-state index contributed by atoms with van der Waals surface area (Å²) in [6, 6.07) is 3.52. The summed E-state index contributed by atoms with van der Waals surface area (Å²) in [5, 5.41) is 0. The average Bonchev–Trinajstić information content (AvgIpc) is 2.62. The highest BCUT2D eigenvalue weighted by atomic mass is 32.2. The first kappa shape index (κ1) is 15.6. The van der Waals surface area contributed by atoms with Crippen molar-refractivity contribution in [3.63, 3.8) is 0 Å². The molecule has 0 bridgehead atoms. The van der Waals surface area contributed by atoms with Crippen molar-refractivity contribution in [3.05, 3.63) is 17.0 Å². The fraction of sp³-hybridized carbons (Fsp3) is 0.667. The Labute approximate surface area is 114 Å². The monoisotopic (exact) mass is 290 g/mol. The van der Waals surface area contributed by atoms with Crippen LogP contribution < -0.4 is 10.5 Å². The summed E-state index contributed by atoms with van der Waals surface area (Å²) in [5.74, 6) is 0. The van der Waals surface area contributed by atoms with E-state index in [-0.39, 0.29) is 12.0 Å². The number of sulfonamides is 1. The number of nitrogens with one attached hydrogen (secondary N) is 1. The summed E-state index contributed by atoms with van der Waals surface area (Å²) in [6.07, 6.45) is 0. The number of hydrogen-bond acceptors (Lipinski definition) is 4. The van der Waals surface area contributed by atoms with Crippen molar-refractivity contribution in [3.8, 4) is 0 Å². The van der Waals surface area contributed by atoms with Gasteiger partial charge in [0.2, 0.25) is 10.0 Å². The summed E-state index contributed by atoms with van der Waals surface area (Å²) >= 11 is 1.31. The van der Waals surface area contributed by atoms with Crippen LogP contribution in [0.25, 0.3) is 0 Å². The number of nitrogens with two attached hydrogens (primary N) is 1. The molecule has 0 aromatic carbocycles. The van der Waals surface area contributed by atoms with Crippen LogP contribution in [0, 0.1) is 0 Å². The van der Waals surface area contributed by atoms with Gasteiger partial charge in [0, 0.05) is 17.0 Å². The smallest absolute Gasteiger partial charge is 0.250 e. The van der Waals surface area contributed by atoms with Crippen LogP contribution in [0.4, 0.5) is 0 Å². The molecule has 4 nitrogen and oxygen atoms in total. The second-order valence-corrected chi connectivity index (χ2v) is 9.26. The van der Waals surface area contributed by atoms with E-state index < -0.39 is 15.6 Å². The van der Waals surface area contributed by atoms with Gasteiger partial charge in [-0.05, 0) is 31.4 Å².